The Morgan fingerprint density at radius 2 is 2.05 bits per heavy atom. The first-order valence-electron chi connectivity index (χ1n) is 7.37. The molecule has 0 saturated carbocycles. The quantitative estimate of drug-likeness (QED) is 0.879. The zero-order valence-corrected chi connectivity index (χ0v) is 13.9. The lowest BCUT2D eigenvalue weighted by Crippen LogP contribution is -2.50. The number of hydrogen-bond acceptors (Lipinski definition) is 6. The maximum atomic E-state index is 12.7. The van der Waals surface area contributed by atoms with Crippen LogP contribution in [0.25, 0.3) is 0 Å². The van der Waals surface area contributed by atoms with Gasteiger partial charge in [-0.1, -0.05) is 12.1 Å². The van der Waals surface area contributed by atoms with E-state index in [9.17, 15) is 13.2 Å². The number of sulfone groups is 1. The molecule has 1 saturated heterocycles. The topological polar surface area (TPSA) is 98.5 Å². The summed E-state index contributed by atoms with van der Waals surface area (Å²) in [5, 5.41) is 5.72. The number of rotatable bonds is 5. The highest BCUT2D eigenvalue weighted by Gasteiger charge is 2.46. The SMILES string of the molecule is CCc1cc(NC(=O)C(C)(C)S(=O)(=O)C2CCOCC2)on1. The summed E-state index contributed by atoms with van der Waals surface area (Å²) in [5.41, 5.74) is 0.695. The van der Waals surface area contributed by atoms with Crippen LogP contribution in [-0.2, 0) is 25.8 Å². The Balaban J connectivity index is 2.15. The van der Waals surface area contributed by atoms with Crippen molar-refractivity contribution in [3.05, 3.63) is 11.8 Å². The molecule has 0 bridgehead atoms. The van der Waals surface area contributed by atoms with Crippen molar-refractivity contribution in [3.8, 4) is 0 Å². The zero-order valence-electron chi connectivity index (χ0n) is 13.1. The van der Waals surface area contributed by atoms with Gasteiger partial charge in [-0.25, -0.2) is 8.42 Å². The fourth-order valence-corrected chi connectivity index (χ4v) is 4.29. The number of carbonyl (C=O) groups is 1. The normalized spacial score (nSPS) is 17.4. The molecule has 8 heteroatoms. The Labute approximate surface area is 130 Å². The Bertz CT molecular complexity index is 629. The molecule has 1 N–H and O–H groups in total. The van der Waals surface area contributed by atoms with Gasteiger partial charge in [0.05, 0.1) is 10.9 Å². The van der Waals surface area contributed by atoms with Gasteiger partial charge in [0.2, 0.25) is 11.8 Å². The number of aromatic nitrogens is 1. The van der Waals surface area contributed by atoms with E-state index < -0.39 is 25.7 Å². The smallest absolute Gasteiger partial charge is 0.247 e. The second-order valence-electron chi connectivity index (χ2n) is 5.86. The van der Waals surface area contributed by atoms with Crippen LogP contribution in [0.3, 0.4) is 0 Å². The molecule has 0 aromatic carbocycles. The predicted molar refractivity (Wildman–Crippen MR) is 81.4 cm³/mol. The number of anilines is 1. The van der Waals surface area contributed by atoms with Crippen molar-refractivity contribution >= 4 is 21.6 Å². The van der Waals surface area contributed by atoms with Crippen LogP contribution in [0.15, 0.2) is 10.6 Å². The summed E-state index contributed by atoms with van der Waals surface area (Å²) in [6, 6.07) is 1.59. The van der Waals surface area contributed by atoms with Gasteiger partial charge in [0.1, 0.15) is 4.75 Å². The number of ether oxygens (including phenoxy) is 1. The van der Waals surface area contributed by atoms with E-state index in [1.54, 1.807) is 6.07 Å². The number of hydrogen-bond donors (Lipinski definition) is 1. The lowest BCUT2D eigenvalue weighted by Gasteiger charge is -2.30. The van der Waals surface area contributed by atoms with Crippen molar-refractivity contribution in [3.63, 3.8) is 0 Å². The second kappa shape index (κ2) is 6.37. The maximum Gasteiger partial charge on any atom is 0.247 e. The van der Waals surface area contributed by atoms with Crippen LogP contribution in [0.1, 0.15) is 39.3 Å². The van der Waals surface area contributed by atoms with Crippen LogP contribution in [-0.4, -0.2) is 42.7 Å². The van der Waals surface area contributed by atoms with E-state index in [1.807, 2.05) is 6.92 Å². The molecule has 0 radical (unpaired) electrons. The number of amides is 1. The van der Waals surface area contributed by atoms with Gasteiger partial charge < -0.3 is 9.26 Å². The number of aryl methyl sites for hydroxylation is 1. The first kappa shape index (κ1) is 17.0. The first-order valence-corrected chi connectivity index (χ1v) is 8.92. The fourth-order valence-electron chi connectivity index (χ4n) is 2.33. The second-order valence-corrected chi connectivity index (χ2v) is 8.63. The third kappa shape index (κ3) is 3.17. The van der Waals surface area contributed by atoms with Crippen molar-refractivity contribution in [2.24, 2.45) is 0 Å². The van der Waals surface area contributed by atoms with Crippen LogP contribution < -0.4 is 5.32 Å². The lowest BCUT2D eigenvalue weighted by molar-refractivity contribution is -0.118. The molecule has 1 amide bonds. The molecule has 2 rings (SSSR count). The van der Waals surface area contributed by atoms with Crippen molar-refractivity contribution in [2.75, 3.05) is 18.5 Å². The van der Waals surface area contributed by atoms with E-state index in [0.29, 0.717) is 38.2 Å². The summed E-state index contributed by atoms with van der Waals surface area (Å²) in [6.45, 7) is 5.56. The molecule has 124 valence electrons. The average Bonchev–Trinajstić information content (AvgIpc) is 2.95. The summed E-state index contributed by atoms with van der Waals surface area (Å²) < 4.78 is 34.1. The molecule has 1 aromatic heterocycles. The van der Waals surface area contributed by atoms with Crippen LogP contribution >= 0.6 is 0 Å². The average molecular weight is 330 g/mol. The zero-order chi connectivity index (χ0) is 16.4. The Morgan fingerprint density at radius 3 is 2.59 bits per heavy atom. The number of nitrogens with one attached hydrogen (secondary N) is 1. The molecule has 1 aromatic rings. The fraction of sp³-hybridized carbons (Fsp3) is 0.714. The lowest BCUT2D eigenvalue weighted by atomic mass is 10.2. The van der Waals surface area contributed by atoms with E-state index >= 15 is 0 Å². The minimum atomic E-state index is -3.63. The molecule has 22 heavy (non-hydrogen) atoms. The van der Waals surface area contributed by atoms with Gasteiger partial charge in [-0.3, -0.25) is 10.1 Å². The minimum absolute atomic E-state index is 0.164. The molecule has 1 fully saturated rings. The minimum Gasteiger partial charge on any atom is -0.381 e. The van der Waals surface area contributed by atoms with E-state index in [2.05, 4.69) is 10.5 Å². The first-order chi connectivity index (χ1) is 10.3. The van der Waals surface area contributed by atoms with Crippen molar-refractivity contribution in [1.29, 1.82) is 0 Å². The molecular weight excluding hydrogens is 308 g/mol. The van der Waals surface area contributed by atoms with Crippen LogP contribution in [0.5, 0.6) is 0 Å². The molecule has 0 atom stereocenters. The van der Waals surface area contributed by atoms with Gasteiger partial charge in [0.15, 0.2) is 9.84 Å². The van der Waals surface area contributed by atoms with Gasteiger partial charge in [0, 0.05) is 19.3 Å². The molecule has 1 aliphatic heterocycles. The highest BCUT2D eigenvalue weighted by atomic mass is 32.2. The van der Waals surface area contributed by atoms with E-state index in [0.717, 1.165) is 0 Å². The maximum absolute atomic E-state index is 12.7. The molecule has 0 spiro atoms. The molecule has 0 aliphatic carbocycles. The summed E-state index contributed by atoms with van der Waals surface area (Å²) in [5.74, 6) is -0.449. The number of nitrogens with zero attached hydrogens (tertiary/aromatic N) is 1. The summed E-state index contributed by atoms with van der Waals surface area (Å²) in [7, 11) is -3.63. The molecule has 7 nitrogen and oxygen atoms in total. The molecule has 2 heterocycles. The Hall–Kier alpha value is -1.41. The Morgan fingerprint density at radius 1 is 1.41 bits per heavy atom. The van der Waals surface area contributed by atoms with Crippen molar-refractivity contribution < 1.29 is 22.5 Å². The van der Waals surface area contributed by atoms with Gasteiger partial charge in [-0.2, -0.15) is 0 Å². The highest BCUT2D eigenvalue weighted by molar-refractivity contribution is 7.94. The highest BCUT2D eigenvalue weighted by Crippen LogP contribution is 2.28. The van der Waals surface area contributed by atoms with Gasteiger partial charge >= 0.3 is 0 Å². The summed E-state index contributed by atoms with van der Waals surface area (Å²) in [4.78, 5) is 12.4. The largest absolute Gasteiger partial charge is 0.381 e. The molecule has 1 aliphatic rings. The van der Waals surface area contributed by atoms with Gasteiger partial charge in [-0.05, 0) is 33.1 Å². The predicted octanol–water partition coefficient (Wildman–Crippen LogP) is 1.55. The summed E-state index contributed by atoms with van der Waals surface area (Å²) in [6.07, 6.45) is 1.51. The molecule has 0 unspecified atom stereocenters. The van der Waals surface area contributed by atoms with Crippen molar-refractivity contribution in [1.82, 2.24) is 5.16 Å². The third-order valence-corrected chi connectivity index (χ3v) is 6.98. The van der Waals surface area contributed by atoms with E-state index in [4.69, 9.17) is 9.26 Å². The molecular formula is C14H22N2O5S. The van der Waals surface area contributed by atoms with Crippen LogP contribution in [0.4, 0.5) is 5.88 Å². The third-order valence-electron chi connectivity index (χ3n) is 4.02. The van der Waals surface area contributed by atoms with Crippen LogP contribution in [0, 0.1) is 0 Å². The van der Waals surface area contributed by atoms with Gasteiger partial charge in [-0.15, -0.1) is 0 Å². The summed E-state index contributed by atoms with van der Waals surface area (Å²) >= 11 is 0. The standard InChI is InChI=1S/C14H22N2O5S/c1-4-10-9-12(21-16-10)15-13(17)14(2,3)22(18,19)11-5-7-20-8-6-11/h9,11H,4-8H2,1-3H3,(H,15,17). The Kier molecular flexibility index (Phi) is 4.91. The van der Waals surface area contributed by atoms with Crippen LogP contribution in [0.2, 0.25) is 0 Å². The van der Waals surface area contributed by atoms with Gasteiger partial charge in [0.25, 0.3) is 0 Å². The van der Waals surface area contributed by atoms with E-state index in [1.165, 1.54) is 13.8 Å². The van der Waals surface area contributed by atoms with Crippen molar-refractivity contribution in [2.45, 2.75) is 50.0 Å². The number of carbonyl (C=O) groups excluding carboxylic acids is 1. The monoisotopic (exact) mass is 330 g/mol. The van der Waals surface area contributed by atoms with E-state index in [-0.39, 0.29) is 5.88 Å².